The number of benzene rings is 1. The van der Waals surface area contributed by atoms with Gasteiger partial charge in [-0.2, -0.15) is 0 Å². The number of carbonyl (C=O) groups is 2. The minimum atomic E-state index is -0.311. The lowest BCUT2D eigenvalue weighted by Gasteiger charge is -2.31. The van der Waals surface area contributed by atoms with Crippen molar-refractivity contribution in [1.29, 1.82) is 0 Å². The van der Waals surface area contributed by atoms with Gasteiger partial charge in [-0.25, -0.2) is 4.39 Å². The van der Waals surface area contributed by atoms with Crippen molar-refractivity contribution in [3.05, 3.63) is 57.5 Å². The minimum absolute atomic E-state index is 0.0111. The van der Waals surface area contributed by atoms with Crippen LogP contribution >= 0.6 is 11.3 Å². The molecular weight excluding hydrogens is 391 g/mol. The summed E-state index contributed by atoms with van der Waals surface area (Å²) in [7, 11) is 1.47. The molecule has 2 amide bonds. The Balaban J connectivity index is 2.22. The van der Waals surface area contributed by atoms with Crippen LogP contribution < -0.4 is 0 Å². The average Bonchev–Trinajstić information content (AvgIpc) is 3.11. The van der Waals surface area contributed by atoms with Crippen LogP contribution in [-0.4, -0.2) is 47.9 Å². The lowest BCUT2D eigenvalue weighted by Crippen LogP contribution is -2.47. The molecule has 0 saturated carbocycles. The molecule has 0 aliphatic heterocycles. The number of amides is 2. The molecule has 1 atom stereocenters. The molecule has 0 aliphatic rings. The minimum Gasteiger partial charge on any atom is -0.375 e. The van der Waals surface area contributed by atoms with E-state index >= 15 is 0 Å². The van der Waals surface area contributed by atoms with Crippen LogP contribution in [0, 0.1) is 12.7 Å². The maximum Gasteiger partial charge on any atom is 0.249 e. The molecule has 0 aliphatic carbocycles. The van der Waals surface area contributed by atoms with Crippen LogP contribution in [0.1, 0.15) is 36.3 Å². The van der Waals surface area contributed by atoms with Gasteiger partial charge in [0, 0.05) is 24.6 Å². The van der Waals surface area contributed by atoms with Gasteiger partial charge in [0.15, 0.2) is 0 Å². The van der Waals surface area contributed by atoms with Gasteiger partial charge in [-0.3, -0.25) is 9.59 Å². The monoisotopic (exact) mass is 420 g/mol. The number of ether oxygens (including phenoxy) is 1. The summed E-state index contributed by atoms with van der Waals surface area (Å²) in [5.41, 5.74) is 1.97. The van der Waals surface area contributed by atoms with Crippen molar-refractivity contribution in [3.8, 4) is 0 Å². The van der Waals surface area contributed by atoms with E-state index in [2.05, 4.69) is 0 Å². The number of rotatable bonds is 10. The number of thiophene rings is 1. The lowest BCUT2D eigenvalue weighted by molar-refractivity contribution is -0.145. The fraction of sp³-hybridized carbons (Fsp3) is 0.455. The molecule has 0 saturated heterocycles. The smallest absolute Gasteiger partial charge is 0.249 e. The Hall–Kier alpha value is -2.25. The molecule has 5 nitrogen and oxygen atoms in total. The molecule has 2 rings (SSSR count). The van der Waals surface area contributed by atoms with Crippen molar-refractivity contribution in [2.75, 3.05) is 20.3 Å². The second kappa shape index (κ2) is 11.1. The van der Waals surface area contributed by atoms with Crippen LogP contribution in [0.25, 0.3) is 0 Å². The number of hydrogen-bond donors (Lipinski definition) is 0. The van der Waals surface area contributed by atoms with Gasteiger partial charge >= 0.3 is 0 Å². The summed E-state index contributed by atoms with van der Waals surface area (Å²) in [5.74, 6) is -0.662. The Morgan fingerprint density at radius 3 is 2.38 bits per heavy atom. The third-order valence-electron chi connectivity index (χ3n) is 4.96. The molecule has 1 aromatic carbocycles. The molecule has 1 aromatic heterocycles. The largest absolute Gasteiger partial charge is 0.375 e. The van der Waals surface area contributed by atoms with Crippen LogP contribution in [0.4, 0.5) is 4.39 Å². The van der Waals surface area contributed by atoms with Crippen molar-refractivity contribution < 1.29 is 18.7 Å². The first-order chi connectivity index (χ1) is 13.8. The standard InChI is InChI=1S/C22H29FN2O3S/c1-5-17(3)25(22(27)15-28-4)14-21(26)24(13-20-16(2)10-11-29-20)12-18-6-8-19(23)9-7-18/h6-11,17H,5,12-15H2,1-4H3. The number of methoxy groups -OCH3 is 1. The number of halogens is 1. The SMILES string of the molecule is CCC(C)N(CC(=O)N(Cc1ccc(F)cc1)Cc1sccc1C)C(=O)COC. The zero-order valence-corrected chi connectivity index (χ0v) is 18.3. The molecule has 0 fully saturated rings. The Morgan fingerprint density at radius 1 is 1.14 bits per heavy atom. The number of hydrogen-bond acceptors (Lipinski definition) is 4. The number of carbonyl (C=O) groups excluding carboxylic acids is 2. The number of nitrogens with zero attached hydrogens (tertiary/aromatic N) is 2. The summed E-state index contributed by atoms with van der Waals surface area (Å²) in [6.45, 7) is 6.65. The Labute approximate surface area is 176 Å². The van der Waals surface area contributed by atoms with E-state index in [-0.39, 0.29) is 36.8 Å². The molecule has 0 bridgehead atoms. The lowest BCUT2D eigenvalue weighted by atomic mass is 10.1. The zero-order chi connectivity index (χ0) is 21.4. The molecular formula is C22H29FN2O3S. The van der Waals surface area contributed by atoms with E-state index in [9.17, 15) is 14.0 Å². The Morgan fingerprint density at radius 2 is 1.83 bits per heavy atom. The van der Waals surface area contributed by atoms with E-state index in [0.717, 1.165) is 22.4 Å². The third-order valence-corrected chi connectivity index (χ3v) is 5.97. The van der Waals surface area contributed by atoms with Gasteiger partial charge in [-0.1, -0.05) is 19.1 Å². The number of aryl methyl sites for hydroxylation is 1. The first-order valence-corrected chi connectivity index (χ1v) is 10.6. The molecule has 1 heterocycles. The van der Waals surface area contributed by atoms with Gasteiger partial charge in [0.1, 0.15) is 19.0 Å². The highest BCUT2D eigenvalue weighted by Crippen LogP contribution is 2.20. The predicted molar refractivity (Wildman–Crippen MR) is 113 cm³/mol. The van der Waals surface area contributed by atoms with Crippen LogP contribution in [0.15, 0.2) is 35.7 Å². The molecule has 2 aromatic rings. The summed E-state index contributed by atoms with van der Waals surface area (Å²) >= 11 is 1.60. The van der Waals surface area contributed by atoms with E-state index in [4.69, 9.17) is 4.74 Å². The third kappa shape index (κ3) is 6.65. The van der Waals surface area contributed by atoms with E-state index < -0.39 is 0 Å². The maximum absolute atomic E-state index is 13.3. The van der Waals surface area contributed by atoms with Crippen LogP contribution in [-0.2, 0) is 27.4 Å². The van der Waals surface area contributed by atoms with Crippen molar-refractivity contribution >= 4 is 23.2 Å². The van der Waals surface area contributed by atoms with Crippen molar-refractivity contribution in [1.82, 2.24) is 9.80 Å². The second-order valence-electron chi connectivity index (χ2n) is 7.11. The molecule has 158 valence electrons. The molecule has 7 heteroatoms. The topological polar surface area (TPSA) is 49.9 Å². The summed E-state index contributed by atoms with van der Waals surface area (Å²) < 4.78 is 18.2. The highest BCUT2D eigenvalue weighted by Gasteiger charge is 2.25. The van der Waals surface area contributed by atoms with E-state index in [1.54, 1.807) is 33.3 Å². The quantitative estimate of drug-likeness (QED) is 0.584. The van der Waals surface area contributed by atoms with Gasteiger partial charge in [0.2, 0.25) is 11.8 Å². The highest BCUT2D eigenvalue weighted by atomic mass is 32.1. The predicted octanol–water partition coefficient (Wildman–Crippen LogP) is 4.00. The first-order valence-electron chi connectivity index (χ1n) is 9.69. The average molecular weight is 421 g/mol. The van der Waals surface area contributed by atoms with Crippen molar-refractivity contribution in [2.24, 2.45) is 0 Å². The van der Waals surface area contributed by atoms with Gasteiger partial charge in [0.05, 0.1) is 6.54 Å². The summed E-state index contributed by atoms with van der Waals surface area (Å²) in [4.78, 5) is 30.1. The van der Waals surface area contributed by atoms with Gasteiger partial charge in [-0.15, -0.1) is 11.3 Å². The van der Waals surface area contributed by atoms with E-state index in [1.165, 1.54) is 19.2 Å². The first kappa shape index (κ1) is 23.0. The van der Waals surface area contributed by atoms with E-state index in [1.807, 2.05) is 32.2 Å². The van der Waals surface area contributed by atoms with E-state index in [0.29, 0.717) is 13.1 Å². The van der Waals surface area contributed by atoms with Gasteiger partial charge in [0.25, 0.3) is 0 Å². The fourth-order valence-corrected chi connectivity index (χ4v) is 3.86. The molecule has 1 unspecified atom stereocenters. The summed E-state index contributed by atoms with van der Waals surface area (Å²) in [6, 6.07) is 8.09. The maximum atomic E-state index is 13.3. The zero-order valence-electron chi connectivity index (χ0n) is 17.5. The normalized spacial score (nSPS) is 11.9. The van der Waals surface area contributed by atoms with Crippen molar-refractivity contribution in [3.63, 3.8) is 0 Å². The Kier molecular flexibility index (Phi) is 8.79. The molecule has 0 radical (unpaired) electrons. The fourth-order valence-electron chi connectivity index (χ4n) is 2.94. The Bertz CT molecular complexity index is 807. The van der Waals surface area contributed by atoms with Gasteiger partial charge in [-0.05, 0) is 55.0 Å². The van der Waals surface area contributed by atoms with Crippen molar-refractivity contribution in [2.45, 2.75) is 46.3 Å². The molecule has 29 heavy (non-hydrogen) atoms. The molecule has 0 spiro atoms. The summed E-state index contributed by atoms with van der Waals surface area (Å²) in [5, 5.41) is 2.00. The summed E-state index contributed by atoms with van der Waals surface area (Å²) in [6.07, 6.45) is 0.741. The second-order valence-corrected chi connectivity index (χ2v) is 8.12. The van der Waals surface area contributed by atoms with Crippen LogP contribution in [0.2, 0.25) is 0 Å². The highest BCUT2D eigenvalue weighted by molar-refractivity contribution is 7.10. The van der Waals surface area contributed by atoms with Gasteiger partial charge < -0.3 is 14.5 Å². The van der Waals surface area contributed by atoms with Crippen LogP contribution in [0.5, 0.6) is 0 Å². The van der Waals surface area contributed by atoms with Crippen LogP contribution in [0.3, 0.4) is 0 Å². The molecule has 0 N–H and O–H groups in total.